The van der Waals surface area contributed by atoms with Crippen molar-refractivity contribution in [3.8, 4) is 0 Å². The molecule has 6 heavy (non-hydrogen) atoms. The molecule has 2 nitrogen and oxygen atoms in total. The van der Waals surface area contributed by atoms with E-state index in [2.05, 4.69) is 4.72 Å². The predicted octanol–water partition coefficient (Wildman–Crippen LogP) is 0.556. The fourth-order valence-electron chi connectivity index (χ4n) is 0.279. The molecule has 1 aliphatic heterocycles. The van der Waals surface area contributed by atoms with E-state index in [0.29, 0.717) is 0 Å². The molecule has 0 bridgehead atoms. The number of nitrogens with zero attached hydrogens (tertiary/aromatic N) is 1. The Balaban J connectivity index is 2.38. The molecule has 0 saturated heterocycles. The minimum Gasteiger partial charge on any atom is -0.317 e. The first-order chi connectivity index (χ1) is 2.89. The third-order valence-corrected chi connectivity index (χ3v) is 1.20. The Kier molecular flexibility index (Phi) is 0.919. The van der Waals surface area contributed by atoms with Crippen LogP contribution in [0.2, 0.25) is 0 Å². The topological polar surface area (TPSA) is 15.3 Å². The summed E-state index contributed by atoms with van der Waals surface area (Å²) in [5.41, 5.74) is 0. The smallest absolute Gasteiger partial charge is 0.0672 e. The van der Waals surface area contributed by atoms with E-state index in [-0.39, 0.29) is 0 Å². The minimum absolute atomic E-state index is 1.57. The normalized spacial score (nSPS) is 18.5. The molecule has 1 heterocycles. The summed E-state index contributed by atoms with van der Waals surface area (Å²) in [5.74, 6) is 0. The van der Waals surface area contributed by atoms with E-state index in [1.807, 2.05) is 23.8 Å². The Labute approximate surface area is 41.5 Å². The van der Waals surface area contributed by atoms with Crippen molar-refractivity contribution in [3.05, 3.63) is 12.4 Å². The number of nitrogens with one attached hydrogen (secondary N) is 1. The molecule has 3 heteroatoms. The van der Waals surface area contributed by atoms with Crippen molar-refractivity contribution in [1.82, 2.24) is 9.03 Å². The third-order valence-electron chi connectivity index (χ3n) is 0.549. The lowest BCUT2D eigenvalue weighted by Crippen LogP contribution is -1.95. The molecular weight excluding hydrogens is 96.1 g/mol. The molecule has 0 amide bonds. The highest BCUT2D eigenvalue weighted by atomic mass is 32.2. The van der Waals surface area contributed by atoms with Gasteiger partial charge in [-0.15, -0.1) is 0 Å². The lowest BCUT2D eigenvalue weighted by Gasteiger charge is -1.99. The molecule has 34 valence electrons. The van der Waals surface area contributed by atoms with Crippen LogP contribution in [-0.2, 0) is 0 Å². The Bertz CT molecular complexity index is 71.2. The summed E-state index contributed by atoms with van der Waals surface area (Å²) in [7, 11) is 1.99. The van der Waals surface area contributed by atoms with Gasteiger partial charge in [0.15, 0.2) is 0 Å². The van der Waals surface area contributed by atoms with Crippen molar-refractivity contribution in [1.29, 1.82) is 0 Å². The van der Waals surface area contributed by atoms with Gasteiger partial charge in [0.2, 0.25) is 0 Å². The van der Waals surface area contributed by atoms with Crippen LogP contribution in [0.25, 0.3) is 0 Å². The predicted molar refractivity (Wildman–Crippen MR) is 27.6 cm³/mol. The van der Waals surface area contributed by atoms with Gasteiger partial charge in [0, 0.05) is 19.4 Å². The largest absolute Gasteiger partial charge is 0.317 e. The lowest BCUT2D eigenvalue weighted by atomic mass is 10.9. The second kappa shape index (κ2) is 1.43. The van der Waals surface area contributed by atoms with Crippen LogP contribution in [0.4, 0.5) is 0 Å². The maximum absolute atomic E-state index is 2.93. The van der Waals surface area contributed by atoms with E-state index in [1.54, 1.807) is 12.1 Å². The van der Waals surface area contributed by atoms with Gasteiger partial charge < -0.3 is 9.03 Å². The highest BCUT2D eigenvalue weighted by Crippen LogP contribution is 2.06. The second-order valence-electron chi connectivity index (χ2n) is 1.07. The molecule has 0 aromatic carbocycles. The van der Waals surface area contributed by atoms with Gasteiger partial charge in [-0.25, -0.2) is 0 Å². The summed E-state index contributed by atoms with van der Waals surface area (Å²) in [5, 5.41) is 0. The summed E-state index contributed by atoms with van der Waals surface area (Å²) in [6, 6.07) is 0. The first-order valence-electron chi connectivity index (χ1n) is 1.71. The zero-order valence-corrected chi connectivity index (χ0v) is 4.33. The van der Waals surface area contributed by atoms with Crippen LogP contribution in [0.1, 0.15) is 0 Å². The quantitative estimate of drug-likeness (QED) is 0.450. The van der Waals surface area contributed by atoms with Gasteiger partial charge in [0.05, 0.1) is 12.1 Å². The van der Waals surface area contributed by atoms with Gasteiger partial charge in [-0.05, 0) is 0 Å². The van der Waals surface area contributed by atoms with Gasteiger partial charge in [0.1, 0.15) is 0 Å². The average molecular weight is 102 g/mol. The molecule has 0 unspecified atom stereocenters. The van der Waals surface area contributed by atoms with E-state index in [0.717, 1.165) is 0 Å². The Hall–Kier alpha value is -0.310. The lowest BCUT2D eigenvalue weighted by molar-refractivity contribution is 0.788. The van der Waals surface area contributed by atoms with E-state index >= 15 is 0 Å². The molecule has 0 aromatic heterocycles. The Morgan fingerprint density at radius 2 is 2.67 bits per heavy atom. The number of rotatable bonds is 0. The molecule has 0 atom stereocenters. The maximum atomic E-state index is 2.93. The van der Waals surface area contributed by atoms with Gasteiger partial charge in [-0.3, -0.25) is 0 Å². The summed E-state index contributed by atoms with van der Waals surface area (Å²) in [6.45, 7) is 0. The van der Waals surface area contributed by atoms with Crippen molar-refractivity contribution in [2.45, 2.75) is 0 Å². The average Bonchev–Trinajstić information content (AvgIpc) is 1.86. The molecule has 0 radical (unpaired) electrons. The van der Waals surface area contributed by atoms with Crippen LogP contribution in [0.5, 0.6) is 0 Å². The molecule has 0 aliphatic carbocycles. The maximum Gasteiger partial charge on any atom is 0.0672 e. The third kappa shape index (κ3) is 0.597. The molecule has 0 aromatic rings. The van der Waals surface area contributed by atoms with Crippen LogP contribution >= 0.6 is 12.1 Å². The van der Waals surface area contributed by atoms with E-state index in [4.69, 9.17) is 0 Å². The van der Waals surface area contributed by atoms with E-state index in [1.165, 1.54) is 0 Å². The van der Waals surface area contributed by atoms with Crippen molar-refractivity contribution < 1.29 is 0 Å². The van der Waals surface area contributed by atoms with Crippen LogP contribution in [-0.4, -0.2) is 11.4 Å². The van der Waals surface area contributed by atoms with Crippen LogP contribution in [0, 0.1) is 0 Å². The molecule has 1 rings (SSSR count). The van der Waals surface area contributed by atoms with Gasteiger partial charge in [-0.2, -0.15) is 0 Å². The first kappa shape index (κ1) is 3.87. The van der Waals surface area contributed by atoms with Gasteiger partial charge in [0.25, 0.3) is 0 Å². The monoisotopic (exact) mass is 102 g/mol. The fourth-order valence-corrected chi connectivity index (χ4v) is 0.689. The Morgan fingerprint density at radius 1 is 1.83 bits per heavy atom. The molecule has 0 spiro atoms. The van der Waals surface area contributed by atoms with Crippen LogP contribution in [0.3, 0.4) is 0 Å². The number of hydrogen-bond donors (Lipinski definition) is 1. The molecule has 0 saturated carbocycles. The number of hydrogen-bond acceptors (Lipinski definition) is 3. The fraction of sp³-hybridized carbons (Fsp3) is 0.333. The summed E-state index contributed by atoms with van der Waals surface area (Å²) >= 11 is 1.57. The highest BCUT2D eigenvalue weighted by molar-refractivity contribution is 7.95. The highest BCUT2D eigenvalue weighted by Gasteiger charge is 1.92. The molecule has 1 aliphatic rings. The van der Waals surface area contributed by atoms with E-state index in [9.17, 15) is 0 Å². The Morgan fingerprint density at radius 3 is 2.83 bits per heavy atom. The summed E-state index contributed by atoms with van der Waals surface area (Å²) in [6.07, 6.45) is 3.86. The molecule has 1 N–H and O–H groups in total. The molecule has 0 fully saturated rings. The van der Waals surface area contributed by atoms with Crippen molar-refractivity contribution in [2.75, 3.05) is 7.05 Å². The van der Waals surface area contributed by atoms with Crippen molar-refractivity contribution in [3.63, 3.8) is 0 Å². The SMILES string of the molecule is CN1C=CNS1. The molecular formula is C3H6N2S. The van der Waals surface area contributed by atoms with Gasteiger partial charge in [-0.1, -0.05) is 0 Å². The van der Waals surface area contributed by atoms with Crippen LogP contribution < -0.4 is 4.72 Å². The van der Waals surface area contributed by atoms with Crippen molar-refractivity contribution in [2.24, 2.45) is 0 Å². The summed E-state index contributed by atoms with van der Waals surface area (Å²) < 4.78 is 4.92. The zero-order valence-electron chi connectivity index (χ0n) is 3.51. The zero-order chi connectivity index (χ0) is 4.41. The standard InChI is InChI=1S/C3H6N2S/c1-5-3-2-4-6-5/h2-4H,1H3. The van der Waals surface area contributed by atoms with Gasteiger partial charge >= 0.3 is 0 Å². The van der Waals surface area contributed by atoms with E-state index < -0.39 is 0 Å². The summed E-state index contributed by atoms with van der Waals surface area (Å²) in [4.78, 5) is 0. The second-order valence-corrected chi connectivity index (χ2v) is 2.07. The van der Waals surface area contributed by atoms with Crippen molar-refractivity contribution >= 4 is 12.1 Å². The van der Waals surface area contributed by atoms with Crippen LogP contribution in [0.15, 0.2) is 12.4 Å². The minimum atomic E-state index is 1.57. The first-order valence-corrected chi connectivity index (χ1v) is 2.49.